The third-order valence-electron chi connectivity index (χ3n) is 3.26. The Labute approximate surface area is 119 Å². The summed E-state index contributed by atoms with van der Waals surface area (Å²) in [4.78, 5) is 0.372. The number of benzene rings is 1. The SMILES string of the molecule is CNc1cc(Cl)ccc1S(=O)(=O)C1CCCC1.Cl. The molecule has 2 rings (SSSR count). The van der Waals surface area contributed by atoms with Gasteiger partial charge < -0.3 is 5.32 Å². The number of rotatable bonds is 3. The van der Waals surface area contributed by atoms with Crippen molar-refractivity contribution < 1.29 is 8.42 Å². The summed E-state index contributed by atoms with van der Waals surface area (Å²) in [6.45, 7) is 0. The smallest absolute Gasteiger partial charge is 0.183 e. The first-order valence-electron chi connectivity index (χ1n) is 5.77. The van der Waals surface area contributed by atoms with Gasteiger partial charge in [-0.3, -0.25) is 0 Å². The van der Waals surface area contributed by atoms with Gasteiger partial charge in [0.15, 0.2) is 9.84 Å². The van der Waals surface area contributed by atoms with E-state index in [0.29, 0.717) is 15.6 Å². The molecule has 0 bridgehead atoms. The third kappa shape index (κ3) is 2.92. The van der Waals surface area contributed by atoms with Crippen LogP contribution in [0.3, 0.4) is 0 Å². The van der Waals surface area contributed by atoms with Gasteiger partial charge in [0.05, 0.1) is 15.8 Å². The highest BCUT2D eigenvalue weighted by Gasteiger charge is 2.31. The summed E-state index contributed by atoms with van der Waals surface area (Å²) in [5, 5.41) is 3.22. The van der Waals surface area contributed by atoms with Crippen LogP contribution in [0.1, 0.15) is 25.7 Å². The molecule has 1 aromatic rings. The van der Waals surface area contributed by atoms with Crippen molar-refractivity contribution >= 4 is 39.5 Å². The third-order valence-corrected chi connectivity index (χ3v) is 5.81. The standard InChI is InChI=1S/C12H16ClNO2S.ClH/c1-14-11-8-9(13)6-7-12(11)17(15,16)10-4-2-3-5-10;/h6-8,10,14H,2-5H2,1H3;1H. The molecule has 0 atom stereocenters. The first-order valence-corrected chi connectivity index (χ1v) is 7.69. The van der Waals surface area contributed by atoms with Crippen LogP contribution in [0.5, 0.6) is 0 Å². The molecule has 0 spiro atoms. The van der Waals surface area contributed by atoms with Gasteiger partial charge in [0, 0.05) is 12.1 Å². The van der Waals surface area contributed by atoms with Crippen LogP contribution in [0.4, 0.5) is 5.69 Å². The zero-order valence-electron chi connectivity index (χ0n) is 10.1. The molecule has 0 amide bonds. The minimum absolute atomic E-state index is 0. The number of nitrogens with one attached hydrogen (secondary N) is 1. The van der Waals surface area contributed by atoms with E-state index in [1.54, 1.807) is 25.2 Å². The van der Waals surface area contributed by atoms with Crippen LogP contribution in [-0.2, 0) is 9.84 Å². The van der Waals surface area contributed by atoms with Gasteiger partial charge in [0.2, 0.25) is 0 Å². The number of hydrogen-bond acceptors (Lipinski definition) is 3. The van der Waals surface area contributed by atoms with E-state index in [1.807, 2.05) is 0 Å². The van der Waals surface area contributed by atoms with Gasteiger partial charge in [-0.05, 0) is 31.0 Å². The molecule has 0 aromatic heterocycles. The monoisotopic (exact) mass is 309 g/mol. The van der Waals surface area contributed by atoms with Gasteiger partial charge in [-0.15, -0.1) is 12.4 Å². The minimum Gasteiger partial charge on any atom is -0.387 e. The molecule has 1 aliphatic carbocycles. The first kappa shape index (κ1) is 15.6. The molecule has 3 nitrogen and oxygen atoms in total. The van der Waals surface area contributed by atoms with Gasteiger partial charge in [-0.25, -0.2) is 8.42 Å². The summed E-state index contributed by atoms with van der Waals surface area (Å²) in [6.07, 6.45) is 3.56. The Morgan fingerprint density at radius 2 is 1.89 bits per heavy atom. The summed E-state index contributed by atoms with van der Waals surface area (Å²) < 4.78 is 24.9. The predicted octanol–water partition coefficient (Wildman–Crippen LogP) is 3.52. The molecule has 102 valence electrons. The fourth-order valence-electron chi connectivity index (χ4n) is 2.32. The molecule has 6 heteroatoms. The largest absolute Gasteiger partial charge is 0.387 e. The Morgan fingerprint density at radius 3 is 2.44 bits per heavy atom. The summed E-state index contributed by atoms with van der Waals surface area (Å²) >= 11 is 5.87. The van der Waals surface area contributed by atoms with E-state index in [0.717, 1.165) is 25.7 Å². The van der Waals surface area contributed by atoms with Crippen LogP contribution < -0.4 is 5.32 Å². The van der Waals surface area contributed by atoms with Crippen molar-refractivity contribution in [3.8, 4) is 0 Å². The second-order valence-corrected chi connectivity index (χ2v) is 6.97. The van der Waals surface area contributed by atoms with Crippen LogP contribution in [0.25, 0.3) is 0 Å². The Balaban J connectivity index is 0.00000162. The molecule has 1 aromatic carbocycles. The van der Waals surface area contributed by atoms with Crippen molar-refractivity contribution in [2.24, 2.45) is 0 Å². The molecule has 1 saturated carbocycles. The molecule has 1 aliphatic rings. The van der Waals surface area contributed by atoms with E-state index in [2.05, 4.69) is 5.32 Å². The Hall–Kier alpha value is -0.450. The fourth-order valence-corrected chi connectivity index (χ4v) is 4.53. The van der Waals surface area contributed by atoms with Crippen molar-refractivity contribution in [1.82, 2.24) is 0 Å². The number of sulfone groups is 1. The quantitative estimate of drug-likeness (QED) is 0.929. The molecular formula is C12H17Cl2NO2S. The van der Waals surface area contributed by atoms with E-state index in [1.165, 1.54) is 0 Å². The first-order chi connectivity index (χ1) is 8.05. The zero-order valence-corrected chi connectivity index (χ0v) is 12.5. The van der Waals surface area contributed by atoms with E-state index in [4.69, 9.17) is 11.6 Å². The Morgan fingerprint density at radius 1 is 1.28 bits per heavy atom. The van der Waals surface area contributed by atoms with Crippen LogP contribution in [0.15, 0.2) is 23.1 Å². The molecule has 0 aliphatic heterocycles. The van der Waals surface area contributed by atoms with Gasteiger partial charge in [0.1, 0.15) is 0 Å². The van der Waals surface area contributed by atoms with Crippen LogP contribution in [0, 0.1) is 0 Å². The normalized spacial score (nSPS) is 16.3. The fraction of sp³-hybridized carbons (Fsp3) is 0.500. The summed E-state index contributed by atoms with van der Waals surface area (Å²) in [6, 6.07) is 4.88. The van der Waals surface area contributed by atoms with E-state index < -0.39 is 9.84 Å². The van der Waals surface area contributed by atoms with Crippen molar-refractivity contribution in [3.05, 3.63) is 23.2 Å². The summed E-state index contributed by atoms with van der Waals surface area (Å²) in [5.74, 6) is 0. The highest BCUT2D eigenvalue weighted by atomic mass is 35.5. The van der Waals surface area contributed by atoms with Crippen molar-refractivity contribution in [2.75, 3.05) is 12.4 Å². The van der Waals surface area contributed by atoms with Crippen molar-refractivity contribution in [1.29, 1.82) is 0 Å². The zero-order chi connectivity index (χ0) is 12.5. The molecular weight excluding hydrogens is 293 g/mol. The van der Waals surface area contributed by atoms with Crippen LogP contribution >= 0.6 is 24.0 Å². The second kappa shape index (κ2) is 6.13. The topological polar surface area (TPSA) is 46.2 Å². The lowest BCUT2D eigenvalue weighted by atomic mass is 10.3. The Bertz CT molecular complexity index is 511. The molecule has 0 unspecified atom stereocenters. The lowest BCUT2D eigenvalue weighted by Gasteiger charge is -2.15. The van der Waals surface area contributed by atoms with Crippen molar-refractivity contribution in [3.63, 3.8) is 0 Å². The number of anilines is 1. The maximum atomic E-state index is 12.4. The maximum absolute atomic E-state index is 12.4. The molecule has 0 saturated heterocycles. The summed E-state index contributed by atoms with van der Waals surface area (Å²) in [7, 11) is -1.51. The Kier molecular flexibility index (Phi) is 5.32. The second-order valence-electron chi connectivity index (χ2n) is 4.34. The highest BCUT2D eigenvalue weighted by molar-refractivity contribution is 7.92. The predicted molar refractivity (Wildman–Crippen MR) is 77.7 cm³/mol. The van der Waals surface area contributed by atoms with Crippen LogP contribution in [0.2, 0.25) is 5.02 Å². The average molecular weight is 310 g/mol. The average Bonchev–Trinajstić information content (AvgIpc) is 2.82. The lowest BCUT2D eigenvalue weighted by Crippen LogP contribution is -2.19. The minimum atomic E-state index is -3.22. The molecule has 0 radical (unpaired) electrons. The van der Waals surface area contributed by atoms with Crippen molar-refractivity contribution in [2.45, 2.75) is 35.8 Å². The highest BCUT2D eigenvalue weighted by Crippen LogP contribution is 2.34. The van der Waals surface area contributed by atoms with Crippen LogP contribution in [-0.4, -0.2) is 20.7 Å². The molecule has 1 N–H and O–H groups in total. The lowest BCUT2D eigenvalue weighted by molar-refractivity contribution is 0.580. The van der Waals surface area contributed by atoms with Gasteiger partial charge >= 0.3 is 0 Å². The number of hydrogen-bond donors (Lipinski definition) is 1. The van der Waals surface area contributed by atoms with Gasteiger partial charge in [-0.2, -0.15) is 0 Å². The van der Waals surface area contributed by atoms with E-state index in [9.17, 15) is 8.42 Å². The molecule has 0 heterocycles. The summed E-state index contributed by atoms with van der Waals surface area (Å²) in [5.41, 5.74) is 0.587. The molecule has 18 heavy (non-hydrogen) atoms. The maximum Gasteiger partial charge on any atom is 0.183 e. The number of halogens is 2. The van der Waals surface area contributed by atoms with Gasteiger partial charge in [0.25, 0.3) is 0 Å². The van der Waals surface area contributed by atoms with E-state index >= 15 is 0 Å². The van der Waals surface area contributed by atoms with Gasteiger partial charge in [-0.1, -0.05) is 24.4 Å². The van der Waals surface area contributed by atoms with E-state index in [-0.39, 0.29) is 17.7 Å². The molecule has 1 fully saturated rings.